The van der Waals surface area contributed by atoms with E-state index in [1.807, 2.05) is 0 Å². The molecular formula is C18H24F2N4O3. The number of carbonyl (C=O) groups excluding carboxylic acids is 2. The van der Waals surface area contributed by atoms with Gasteiger partial charge in [-0.3, -0.25) is 14.5 Å². The first-order valence-corrected chi connectivity index (χ1v) is 9.02. The summed E-state index contributed by atoms with van der Waals surface area (Å²) in [4.78, 5) is 27.6. The minimum atomic E-state index is -2.52. The van der Waals surface area contributed by atoms with Crippen LogP contribution >= 0.6 is 0 Å². The van der Waals surface area contributed by atoms with Crippen molar-refractivity contribution >= 4 is 23.2 Å². The van der Waals surface area contributed by atoms with E-state index in [9.17, 15) is 18.4 Å². The molecule has 1 aromatic carbocycles. The number of ether oxygens (including phenoxy) is 1. The van der Waals surface area contributed by atoms with Crippen molar-refractivity contribution in [2.24, 2.45) is 5.73 Å². The van der Waals surface area contributed by atoms with Gasteiger partial charge in [0, 0.05) is 30.5 Å². The molecule has 1 aliphatic carbocycles. The van der Waals surface area contributed by atoms with Crippen molar-refractivity contribution in [3.05, 3.63) is 24.3 Å². The lowest BCUT2D eigenvalue weighted by molar-refractivity contribution is -0.125. The molecule has 1 atom stereocenters. The van der Waals surface area contributed by atoms with E-state index in [2.05, 4.69) is 5.32 Å². The highest BCUT2D eigenvalue weighted by Crippen LogP contribution is 2.29. The molecule has 2 amide bonds. The summed E-state index contributed by atoms with van der Waals surface area (Å²) >= 11 is 0. The predicted molar refractivity (Wildman–Crippen MR) is 96.8 cm³/mol. The van der Waals surface area contributed by atoms with Crippen molar-refractivity contribution in [2.75, 3.05) is 43.1 Å². The van der Waals surface area contributed by atoms with E-state index in [0.29, 0.717) is 24.5 Å². The third kappa shape index (κ3) is 5.00. The highest BCUT2D eigenvalue weighted by atomic mass is 19.3. The summed E-state index contributed by atoms with van der Waals surface area (Å²) in [5, 5.41) is 2.74. The summed E-state index contributed by atoms with van der Waals surface area (Å²) in [6.07, 6.45) is -0.907. The summed E-state index contributed by atoms with van der Waals surface area (Å²) in [5.74, 6) is -0.520. The molecule has 1 saturated carbocycles. The number of hydrogen-bond donors (Lipinski definition) is 2. The lowest BCUT2D eigenvalue weighted by Gasteiger charge is -2.30. The van der Waals surface area contributed by atoms with Crippen molar-refractivity contribution in [2.45, 2.75) is 31.4 Å². The SMILES string of the molecule is NC[C@@H](C(=O)Nc1ccc(N2CCOCC2=O)cc1)N(CC(F)F)C1CC1. The maximum atomic E-state index is 12.9. The molecule has 2 aliphatic rings. The second kappa shape index (κ2) is 8.73. The zero-order valence-electron chi connectivity index (χ0n) is 14.9. The average molecular weight is 382 g/mol. The number of carbonyl (C=O) groups is 2. The molecule has 0 spiro atoms. The zero-order chi connectivity index (χ0) is 19.4. The van der Waals surface area contributed by atoms with Gasteiger partial charge < -0.3 is 20.7 Å². The number of nitrogens with zero attached hydrogens (tertiary/aromatic N) is 2. The number of nitrogens with two attached hydrogens (primary N) is 1. The summed E-state index contributed by atoms with van der Waals surface area (Å²) < 4.78 is 30.8. The molecular weight excluding hydrogens is 358 g/mol. The first kappa shape index (κ1) is 19.7. The quantitative estimate of drug-likeness (QED) is 0.702. The predicted octanol–water partition coefficient (Wildman–Crippen LogP) is 1.05. The Morgan fingerprint density at radius 1 is 1.33 bits per heavy atom. The number of halogens is 2. The Balaban J connectivity index is 1.64. The largest absolute Gasteiger partial charge is 0.370 e. The van der Waals surface area contributed by atoms with Gasteiger partial charge in [0.25, 0.3) is 12.3 Å². The maximum Gasteiger partial charge on any atom is 0.253 e. The van der Waals surface area contributed by atoms with Crippen LogP contribution in [0.15, 0.2) is 24.3 Å². The Kier molecular flexibility index (Phi) is 6.35. The summed E-state index contributed by atoms with van der Waals surface area (Å²) in [5.41, 5.74) is 6.94. The lowest BCUT2D eigenvalue weighted by Crippen LogP contribution is -2.51. The number of nitrogens with one attached hydrogen (secondary N) is 1. The fraction of sp³-hybridized carbons (Fsp3) is 0.556. The molecule has 3 rings (SSSR count). The van der Waals surface area contributed by atoms with E-state index in [1.165, 1.54) is 4.90 Å². The third-order valence-electron chi connectivity index (χ3n) is 4.72. The molecule has 0 unspecified atom stereocenters. The molecule has 148 valence electrons. The van der Waals surface area contributed by atoms with Crippen molar-refractivity contribution in [1.82, 2.24) is 4.90 Å². The minimum absolute atomic E-state index is 0.00647. The number of amides is 2. The van der Waals surface area contributed by atoms with Crippen LogP contribution < -0.4 is 16.0 Å². The van der Waals surface area contributed by atoms with Crippen LogP contribution in [0, 0.1) is 0 Å². The fourth-order valence-electron chi connectivity index (χ4n) is 3.23. The first-order valence-electron chi connectivity index (χ1n) is 9.02. The molecule has 27 heavy (non-hydrogen) atoms. The number of benzene rings is 1. The monoisotopic (exact) mass is 382 g/mol. The molecule has 1 heterocycles. The number of alkyl halides is 2. The topological polar surface area (TPSA) is 87.9 Å². The Morgan fingerprint density at radius 3 is 2.59 bits per heavy atom. The normalized spacial score (nSPS) is 18.9. The molecule has 0 bridgehead atoms. The Bertz CT molecular complexity index is 667. The van der Waals surface area contributed by atoms with Gasteiger partial charge in [0.05, 0.1) is 13.2 Å². The van der Waals surface area contributed by atoms with E-state index in [1.54, 1.807) is 29.2 Å². The van der Waals surface area contributed by atoms with Crippen LogP contribution in [-0.4, -0.2) is 68.1 Å². The fourth-order valence-corrected chi connectivity index (χ4v) is 3.23. The Morgan fingerprint density at radius 2 is 2.04 bits per heavy atom. The molecule has 1 aromatic rings. The van der Waals surface area contributed by atoms with E-state index in [4.69, 9.17) is 10.5 Å². The van der Waals surface area contributed by atoms with Gasteiger partial charge >= 0.3 is 0 Å². The van der Waals surface area contributed by atoms with Crippen molar-refractivity contribution in [3.63, 3.8) is 0 Å². The van der Waals surface area contributed by atoms with Crippen LogP contribution in [0.3, 0.4) is 0 Å². The third-order valence-corrected chi connectivity index (χ3v) is 4.72. The van der Waals surface area contributed by atoms with Gasteiger partial charge in [-0.25, -0.2) is 8.78 Å². The standard InChI is InChI=1S/C18H24F2N4O3/c19-16(20)10-24(14-5-6-14)15(9-21)18(26)22-12-1-3-13(4-2-12)23-7-8-27-11-17(23)25/h1-4,14-16H,5-11,21H2,(H,22,26)/t15-/m0/s1. The number of anilines is 2. The summed E-state index contributed by atoms with van der Waals surface area (Å²) in [7, 11) is 0. The molecule has 1 saturated heterocycles. The van der Waals surface area contributed by atoms with E-state index in [0.717, 1.165) is 12.8 Å². The van der Waals surface area contributed by atoms with Gasteiger partial charge in [0.15, 0.2) is 0 Å². The molecule has 9 heteroatoms. The highest BCUT2D eigenvalue weighted by molar-refractivity contribution is 5.97. The van der Waals surface area contributed by atoms with Crippen molar-refractivity contribution < 1.29 is 23.1 Å². The van der Waals surface area contributed by atoms with Crippen LogP contribution in [0.2, 0.25) is 0 Å². The van der Waals surface area contributed by atoms with Crippen LogP contribution in [0.1, 0.15) is 12.8 Å². The summed E-state index contributed by atoms with van der Waals surface area (Å²) in [6.45, 7) is 0.512. The van der Waals surface area contributed by atoms with E-state index in [-0.39, 0.29) is 25.1 Å². The van der Waals surface area contributed by atoms with Gasteiger partial charge in [0.1, 0.15) is 12.6 Å². The minimum Gasteiger partial charge on any atom is -0.370 e. The summed E-state index contributed by atoms with van der Waals surface area (Å²) in [6, 6.07) is 6.01. The van der Waals surface area contributed by atoms with Gasteiger partial charge in [-0.2, -0.15) is 0 Å². The first-order chi connectivity index (χ1) is 13.0. The zero-order valence-corrected chi connectivity index (χ0v) is 14.9. The van der Waals surface area contributed by atoms with Crippen LogP contribution in [-0.2, 0) is 14.3 Å². The maximum absolute atomic E-state index is 12.9. The Labute approximate surface area is 156 Å². The van der Waals surface area contributed by atoms with Crippen LogP contribution in [0.5, 0.6) is 0 Å². The van der Waals surface area contributed by atoms with Crippen molar-refractivity contribution in [1.29, 1.82) is 0 Å². The second-order valence-electron chi connectivity index (χ2n) is 6.70. The molecule has 2 fully saturated rings. The van der Waals surface area contributed by atoms with Gasteiger partial charge in [-0.15, -0.1) is 0 Å². The molecule has 1 aliphatic heterocycles. The highest BCUT2D eigenvalue weighted by Gasteiger charge is 2.38. The lowest BCUT2D eigenvalue weighted by atomic mass is 10.2. The smallest absolute Gasteiger partial charge is 0.253 e. The average Bonchev–Trinajstić information content (AvgIpc) is 3.47. The van der Waals surface area contributed by atoms with Gasteiger partial charge in [0.2, 0.25) is 5.91 Å². The second-order valence-corrected chi connectivity index (χ2v) is 6.70. The number of rotatable bonds is 8. The Hall–Kier alpha value is -2.10. The molecule has 0 aromatic heterocycles. The number of morpholine rings is 1. The van der Waals surface area contributed by atoms with E-state index >= 15 is 0 Å². The number of hydrogen-bond acceptors (Lipinski definition) is 5. The van der Waals surface area contributed by atoms with Crippen molar-refractivity contribution in [3.8, 4) is 0 Å². The van der Waals surface area contributed by atoms with Gasteiger partial charge in [-0.1, -0.05) is 0 Å². The van der Waals surface area contributed by atoms with Crippen LogP contribution in [0.4, 0.5) is 20.2 Å². The van der Waals surface area contributed by atoms with Gasteiger partial charge in [-0.05, 0) is 37.1 Å². The molecule has 7 nitrogen and oxygen atoms in total. The van der Waals surface area contributed by atoms with E-state index < -0.39 is 24.9 Å². The molecule has 3 N–H and O–H groups in total. The van der Waals surface area contributed by atoms with Crippen LogP contribution in [0.25, 0.3) is 0 Å². The molecule has 0 radical (unpaired) electrons.